The molecule has 174 valence electrons. The highest BCUT2D eigenvalue weighted by molar-refractivity contribution is 7.89. The Morgan fingerprint density at radius 2 is 1.78 bits per heavy atom. The van der Waals surface area contributed by atoms with Crippen molar-refractivity contribution in [2.24, 2.45) is 29.1 Å². The molecule has 1 aromatic rings. The van der Waals surface area contributed by atoms with Crippen LogP contribution in [0.5, 0.6) is 0 Å². The van der Waals surface area contributed by atoms with Crippen LogP contribution in [-0.4, -0.2) is 39.5 Å². The van der Waals surface area contributed by atoms with Gasteiger partial charge in [0.15, 0.2) is 0 Å². The number of hydrogen-bond acceptors (Lipinski definition) is 5. The molecule has 6 rings (SSSR count). The third-order valence-electron chi connectivity index (χ3n) is 8.16. The maximum atomic E-state index is 13.9. The van der Waals surface area contributed by atoms with E-state index in [9.17, 15) is 22.4 Å². The Labute approximate surface area is 187 Å². The molecule has 32 heavy (non-hydrogen) atoms. The number of amides is 1. The number of rotatable bonds is 7. The summed E-state index contributed by atoms with van der Waals surface area (Å²) in [6.07, 6.45) is 5.52. The van der Waals surface area contributed by atoms with Gasteiger partial charge < -0.3 is 10.1 Å². The van der Waals surface area contributed by atoms with E-state index < -0.39 is 31.7 Å². The highest BCUT2D eigenvalue weighted by Crippen LogP contribution is 2.62. The first-order valence-electron chi connectivity index (χ1n) is 11.3. The molecular weight excluding hydrogens is 435 g/mol. The van der Waals surface area contributed by atoms with Gasteiger partial charge in [-0.25, -0.2) is 17.5 Å². The van der Waals surface area contributed by atoms with E-state index in [0.29, 0.717) is 31.6 Å². The molecule has 0 aliphatic heterocycles. The first kappa shape index (κ1) is 21.8. The fraction of sp³-hybridized carbons (Fsp3) is 0.652. The molecule has 1 aromatic carbocycles. The van der Waals surface area contributed by atoms with E-state index in [1.807, 2.05) is 0 Å². The fourth-order valence-corrected chi connectivity index (χ4v) is 7.94. The molecule has 5 fully saturated rings. The lowest BCUT2D eigenvalue weighted by molar-refractivity contribution is -0.177. The van der Waals surface area contributed by atoms with Gasteiger partial charge in [-0.2, -0.15) is 0 Å². The van der Waals surface area contributed by atoms with Gasteiger partial charge in [-0.3, -0.25) is 9.59 Å². The third-order valence-corrected chi connectivity index (χ3v) is 9.60. The number of esters is 1. The second-order valence-corrected chi connectivity index (χ2v) is 12.0. The molecule has 5 saturated carbocycles. The first-order valence-corrected chi connectivity index (χ1v) is 12.8. The average Bonchev–Trinajstić information content (AvgIpc) is 3.51. The number of halogens is 1. The van der Waals surface area contributed by atoms with Crippen LogP contribution in [0, 0.1) is 34.9 Å². The molecule has 0 radical (unpaired) electrons. The second-order valence-electron chi connectivity index (χ2n) is 10.3. The van der Waals surface area contributed by atoms with Crippen LogP contribution < -0.4 is 10.0 Å². The SMILES string of the molecule is COC(=O)C12CC3CC(C1)C(C(=O)NC1(CNS(=O)(=O)c4ccccc4F)CC1)C(C3)C2. The van der Waals surface area contributed by atoms with E-state index in [1.165, 1.54) is 25.3 Å². The molecule has 2 unspecified atom stereocenters. The molecule has 7 nitrogen and oxygen atoms in total. The van der Waals surface area contributed by atoms with Crippen LogP contribution in [0.4, 0.5) is 4.39 Å². The normalized spacial score (nSPS) is 34.2. The number of carbonyl (C=O) groups excluding carboxylic acids is 2. The maximum absolute atomic E-state index is 13.9. The van der Waals surface area contributed by atoms with E-state index in [0.717, 1.165) is 25.3 Å². The Morgan fingerprint density at radius 1 is 1.12 bits per heavy atom. The van der Waals surface area contributed by atoms with E-state index in [4.69, 9.17) is 4.74 Å². The molecule has 1 amide bonds. The summed E-state index contributed by atoms with van der Waals surface area (Å²) in [6.45, 7) is 0.0339. The van der Waals surface area contributed by atoms with Gasteiger partial charge >= 0.3 is 5.97 Å². The molecule has 4 bridgehead atoms. The van der Waals surface area contributed by atoms with E-state index in [2.05, 4.69) is 10.0 Å². The molecule has 0 heterocycles. The minimum atomic E-state index is -4.01. The van der Waals surface area contributed by atoms with Crippen LogP contribution in [0.25, 0.3) is 0 Å². The summed E-state index contributed by atoms with van der Waals surface area (Å²) >= 11 is 0. The molecule has 5 aliphatic rings. The van der Waals surface area contributed by atoms with Crippen molar-refractivity contribution in [2.45, 2.75) is 55.4 Å². The Morgan fingerprint density at radius 3 is 2.38 bits per heavy atom. The van der Waals surface area contributed by atoms with Crippen LogP contribution in [0.2, 0.25) is 0 Å². The monoisotopic (exact) mass is 464 g/mol. The number of methoxy groups -OCH3 is 1. The standard InChI is InChI=1S/C23H29FN2O5S/c1-31-21(28)22-10-14-8-15(11-22)19(16(9-14)12-22)20(27)26-23(6-7-23)13-25-32(29,30)18-5-3-2-4-17(18)24/h2-5,14-16,19,25H,6-13H2,1H3,(H,26,27). The summed E-state index contributed by atoms with van der Waals surface area (Å²) < 4.78 is 46.6. The van der Waals surface area contributed by atoms with Crippen molar-refractivity contribution >= 4 is 21.9 Å². The largest absolute Gasteiger partial charge is 0.469 e. The molecule has 5 aliphatic carbocycles. The van der Waals surface area contributed by atoms with Gasteiger partial charge in [0.1, 0.15) is 10.7 Å². The Bertz CT molecular complexity index is 1040. The maximum Gasteiger partial charge on any atom is 0.311 e. The molecule has 2 atom stereocenters. The van der Waals surface area contributed by atoms with Crippen molar-refractivity contribution in [2.75, 3.05) is 13.7 Å². The zero-order valence-electron chi connectivity index (χ0n) is 18.1. The summed E-state index contributed by atoms with van der Waals surface area (Å²) in [7, 11) is -2.57. The minimum absolute atomic E-state index is 0.0339. The van der Waals surface area contributed by atoms with Crippen molar-refractivity contribution in [3.8, 4) is 0 Å². The fourth-order valence-electron chi connectivity index (χ4n) is 6.73. The van der Waals surface area contributed by atoms with Crippen molar-refractivity contribution in [1.82, 2.24) is 10.0 Å². The molecule has 9 heteroatoms. The van der Waals surface area contributed by atoms with Gasteiger partial charge in [-0.1, -0.05) is 12.1 Å². The lowest BCUT2D eigenvalue weighted by atomic mass is 9.46. The topological polar surface area (TPSA) is 102 Å². The van der Waals surface area contributed by atoms with E-state index >= 15 is 0 Å². The quantitative estimate of drug-likeness (QED) is 0.604. The lowest BCUT2D eigenvalue weighted by Crippen LogP contribution is -2.59. The van der Waals surface area contributed by atoms with Crippen molar-refractivity contribution in [1.29, 1.82) is 0 Å². The van der Waals surface area contributed by atoms with Crippen molar-refractivity contribution in [3.05, 3.63) is 30.1 Å². The Kier molecular flexibility index (Phi) is 5.13. The minimum Gasteiger partial charge on any atom is -0.469 e. The van der Waals surface area contributed by atoms with Crippen LogP contribution in [0.15, 0.2) is 29.2 Å². The van der Waals surface area contributed by atoms with Crippen molar-refractivity contribution in [3.63, 3.8) is 0 Å². The van der Waals surface area contributed by atoms with E-state index in [1.54, 1.807) is 0 Å². The van der Waals surface area contributed by atoms with Crippen LogP contribution in [0.3, 0.4) is 0 Å². The zero-order chi connectivity index (χ0) is 22.7. The number of hydrogen-bond donors (Lipinski definition) is 2. The highest BCUT2D eigenvalue weighted by Gasteiger charge is 2.61. The van der Waals surface area contributed by atoms with E-state index in [-0.39, 0.29) is 36.2 Å². The average molecular weight is 465 g/mol. The first-order chi connectivity index (χ1) is 15.2. The zero-order valence-corrected chi connectivity index (χ0v) is 18.9. The molecule has 0 aromatic heterocycles. The van der Waals surface area contributed by atoms with Gasteiger partial charge in [0.05, 0.1) is 18.1 Å². The van der Waals surface area contributed by atoms with Gasteiger partial charge in [-0.05, 0) is 74.8 Å². The third kappa shape index (κ3) is 3.63. The molecular formula is C23H29FN2O5S. The van der Waals surface area contributed by atoms with Crippen LogP contribution >= 0.6 is 0 Å². The number of sulfonamides is 1. The molecule has 2 N–H and O–H groups in total. The number of carbonyl (C=O) groups is 2. The predicted molar refractivity (Wildman–Crippen MR) is 113 cm³/mol. The van der Waals surface area contributed by atoms with Crippen LogP contribution in [-0.2, 0) is 24.3 Å². The summed E-state index contributed by atoms with van der Waals surface area (Å²) in [6, 6.07) is 5.24. The number of ether oxygens (including phenoxy) is 1. The Balaban J connectivity index is 1.25. The second kappa shape index (κ2) is 7.52. The summed E-state index contributed by atoms with van der Waals surface area (Å²) in [4.78, 5) is 25.4. The Hall–Kier alpha value is -2.00. The smallest absolute Gasteiger partial charge is 0.311 e. The lowest BCUT2D eigenvalue weighted by Gasteiger charge is -2.58. The molecule has 0 spiro atoms. The van der Waals surface area contributed by atoms with Crippen LogP contribution in [0.1, 0.15) is 44.9 Å². The molecule has 0 saturated heterocycles. The predicted octanol–water partition coefficient (Wildman–Crippen LogP) is 2.37. The highest BCUT2D eigenvalue weighted by atomic mass is 32.2. The summed E-state index contributed by atoms with van der Waals surface area (Å²) in [5.74, 6) is -0.346. The number of benzene rings is 1. The van der Waals surface area contributed by atoms with Crippen molar-refractivity contribution < 1.29 is 27.1 Å². The number of nitrogens with one attached hydrogen (secondary N) is 2. The summed E-state index contributed by atoms with van der Waals surface area (Å²) in [5, 5.41) is 3.11. The van der Waals surface area contributed by atoms with Gasteiger partial charge in [-0.15, -0.1) is 0 Å². The summed E-state index contributed by atoms with van der Waals surface area (Å²) in [5.41, 5.74) is -1.06. The van der Waals surface area contributed by atoms with Gasteiger partial charge in [0, 0.05) is 12.5 Å². The van der Waals surface area contributed by atoms with Gasteiger partial charge in [0.25, 0.3) is 0 Å². The van der Waals surface area contributed by atoms with Gasteiger partial charge in [0.2, 0.25) is 15.9 Å².